The Balaban J connectivity index is 1.90. The quantitative estimate of drug-likeness (QED) is 0.334. The second-order valence-electron chi connectivity index (χ2n) is 8.67. The smallest absolute Gasteiger partial charge is 0.273 e. The molecule has 3 aromatic rings. The fraction of sp³-hybridized carbons (Fsp3) is 0.304. The van der Waals surface area contributed by atoms with E-state index in [0.717, 1.165) is 11.1 Å². The second kappa shape index (κ2) is 9.17. The van der Waals surface area contributed by atoms with Crippen LogP contribution < -0.4 is 16.4 Å². The molecule has 5 N–H and O–H groups in total. The van der Waals surface area contributed by atoms with Crippen LogP contribution in [0.1, 0.15) is 36.8 Å². The summed E-state index contributed by atoms with van der Waals surface area (Å²) in [5.74, 6) is -1.42. The molecule has 2 aromatic carbocycles. The third kappa shape index (κ3) is 5.29. The Bertz CT molecular complexity index is 1150. The Kier molecular flexibility index (Phi) is 6.57. The van der Waals surface area contributed by atoms with Gasteiger partial charge in [-0.3, -0.25) is 19.7 Å². The van der Waals surface area contributed by atoms with Gasteiger partial charge in [0.2, 0.25) is 5.91 Å². The molecule has 0 bridgehead atoms. The first-order chi connectivity index (χ1) is 15.1. The van der Waals surface area contributed by atoms with Crippen molar-refractivity contribution < 1.29 is 14.0 Å². The molecule has 1 heterocycles. The third-order valence-corrected chi connectivity index (χ3v) is 4.98. The number of amides is 2. The number of carbonyl (C=O) groups is 2. The number of fused-ring (bicyclic) bond motifs is 1. The van der Waals surface area contributed by atoms with E-state index in [9.17, 15) is 14.0 Å². The zero-order valence-electron chi connectivity index (χ0n) is 18.3. The van der Waals surface area contributed by atoms with Crippen molar-refractivity contribution in [2.24, 2.45) is 11.1 Å². The maximum absolute atomic E-state index is 13.2. The zero-order valence-corrected chi connectivity index (χ0v) is 18.3. The molecule has 32 heavy (non-hydrogen) atoms. The number of nitrogens with zero attached hydrogens (tertiary/aromatic N) is 2. The lowest BCUT2D eigenvalue weighted by Crippen LogP contribution is -2.54. The lowest BCUT2D eigenvalue weighted by atomic mass is 9.86. The van der Waals surface area contributed by atoms with Gasteiger partial charge in [0.25, 0.3) is 5.91 Å². The highest BCUT2D eigenvalue weighted by Crippen LogP contribution is 2.23. The highest BCUT2D eigenvalue weighted by molar-refractivity contribution is 6.06. The van der Waals surface area contributed by atoms with E-state index in [2.05, 4.69) is 15.7 Å². The third-order valence-electron chi connectivity index (χ3n) is 4.98. The summed E-state index contributed by atoms with van der Waals surface area (Å²) in [4.78, 5) is 25.8. The average Bonchev–Trinajstić information content (AvgIpc) is 3.09. The molecule has 0 fully saturated rings. The summed E-state index contributed by atoms with van der Waals surface area (Å²) in [5.41, 5.74) is 6.50. The number of carbonyl (C=O) groups excluding carboxylic acids is 2. The average molecular weight is 439 g/mol. The maximum Gasteiger partial charge on any atom is 0.273 e. The van der Waals surface area contributed by atoms with Gasteiger partial charge in [-0.15, -0.1) is 0 Å². The van der Waals surface area contributed by atoms with Crippen LogP contribution in [0.2, 0.25) is 0 Å². The van der Waals surface area contributed by atoms with Crippen LogP contribution in [0.5, 0.6) is 0 Å². The van der Waals surface area contributed by atoms with E-state index < -0.39 is 23.3 Å². The molecule has 8 nitrogen and oxygen atoms in total. The van der Waals surface area contributed by atoms with Crippen LogP contribution in [0.4, 0.5) is 4.39 Å². The van der Waals surface area contributed by atoms with E-state index in [1.54, 1.807) is 22.9 Å². The normalized spacial score (nSPS) is 12.4. The van der Waals surface area contributed by atoms with Crippen molar-refractivity contribution in [1.82, 2.24) is 20.4 Å². The standard InChI is InChI=1S/C23H27FN6O2/c1-23(2,3)20(22(32)27-12-18(25)26)28-21(31)19-16-6-4-5-7-17(16)30(29-19)13-14-8-10-15(24)11-9-14/h4-11,20H,12-13H2,1-3H3,(H3,25,26)(H,27,32)(H,28,31). The number of halogens is 1. The van der Waals surface area contributed by atoms with Crippen LogP contribution in [0, 0.1) is 16.6 Å². The lowest BCUT2D eigenvalue weighted by Gasteiger charge is -2.30. The highest BCUT2D eigenvalue weighted by atomic mass is 19.1. The molecule has 1 atom stereocenters. The molecular formula is C23H27FN6O2. The number of aromatic nitrogens is 2. The van der Waals surface area contributed by atoms with E-state index in [4.69, 9.17) is 11.1 Å². The summed E-state index contributed by atoms with van der Waals surface area (Å²) in [6.45, 7) is 5.75. The number of amidine groups is 1. The van der Waals surface area contributed by atoms with Gasteiger partial charge < -0.3 is 16.4 Å². The van der Waals surface area contributed by atoms with Crippen molar-refractivity contribution in [2.45, 2.75) is 33.4 Å². The summed E-state index contributed by atoms with van der Waals surface area (Å²) >= 11 is 0. The number of para-hydroxylation sites is 1. The van der Waals surface area contributed by atoms with Gasteiger partial charge in [-0.25, -0.2) is 4.39 Å². The number of rotatable bonds is 7. The fourth-order valence-corrected chi connectivity index (χ4v) is 3.34. The van der Waals surface area contributed by atoms with Crippen molar-refractivity contribution in [1.29, 1.82) is 5.41 Å². The van der Waals surface area contributed by atoms with Crippen molar-refractivity contribution in [3.8, 4) is 0 Å². The van der Waals surface area contributed by atoms with Gasteiger partial charge in [-0.2, -0.15) is 5.10 Å². The number of hydrogen-bond acceptors (Lipinski definition) is 4. The van der Waals surface area contributed by atoms with Crippen molar-refractivity contribution in [2.75, 3.05) is 6.54 Å². The van der Waals surface area contributed by atoms with Gasteiger partial charge in [-0.1, -0.05) is 51.1 Å². The molecule has 1 unspecified atom stereocenters. The molecular weight excluding hydrogens is 411 g/mol. The van der Waals surface area contributed by atoms with Crippen LogP contribution in [0.15, 0.2) is 48.5 Å². The van der Waals surface area contributed by atoms with Crippen molar-refractivity contribution >= 4 is 28.6 Å². The number of nitrogens with one attached hydrogen (secondary N) is 3. The Morgan fingerprint density at radius 2 is 1.81 bits per heavy atom. The molecule has 0 aliphatic carbocycles. The van der Waals surface area contributed by atoms with Gasteiger partial charge in [-0.05, 0) is 29.2 Å². The van der Waals surface area contributed by atoms with E-state index in [-0.39, 0.29) is 23.9 Å². The number of hydrogen-bond donors (Lipinski definition) is 4. The monoisotopic (exact) mass is 438 g/mol. The van der Waals surface area contributed by atoms with Gasteiger partial charge >= 0.3 is 0 Å². The minimum atomic E-state index is -0.865. The van der Waals surface area contributed by atoms with Gasteiger partial charge in [0.15, 0.2) is 5.69 Å². The van der Waals surface area contributed by atoms with Crippen molar-refractivity contribution in [3.63, 3.8) is 0 Å². The topological polar surface area (TPSA) is 126 Å². The Labute approximate surface area is 185 Å². The molecule has 1 aromatic heterocycles. The first kappa shape index (κ1) is 22.9. The van der Waals surface area contributed by atoms with E-state index in [1.807, 2.05) is 39.0 Å². The minimum Gasteiger partial charge on any atom is -0.386 e. The Morgan fingerprint density at radius 3 is 2.44 bits per heavy atom. The fourth-order valence-electron chi connectivity index (χ4n) is 3.34. The lowest BCUT2D eigenvalue weighted by molar-refractivity contribution is -0.125. The van der Waals surface area contributed by atoms with Crippen LogP contribution >= 0.6 is 0 Å². The van der Waals surface area contributed by atoms with E-state index >= 15 is 0 Å². The van der Waals surface area contributed by atoms with Crippen LogP contribution in [-0.4, -0.2) is 40.0 Å². The minimum absolute atomic E-state index is 0.101. The Morgan fingerprint density at radius 1 is 1.16 bits per heavy atom. The SMILES string of the molecule is CC(C)(C)C(NC(=O)c1nn(Cc2ccc(F)cc2)c2ccccc12)C(=O)NCC(=N)N. The second-order valence-corrected chi connectivity index (χ2v) is 8.67. The molecule has 0 aliphatic heterocycles. The van der Waals surface area contributed by atoms with E-state index in [1.165, 1.54) is 12.1 Å². The predicted molar refractivity (Wildman–Crippen MR) is 121 cm³/mol. The van der Waals surface area contributed by atoms with Gasteiger partial charge in [0.05, 0.1) is 18.6 Å². The maximum atomic E-state index is 13.2. The zero-order chi connectivity index (χ0) is 23.5. The molecule has 168 valence electrons. The first-order valence-corrected chi connectivity index (χ1v) is 10.2. The van der Waals surface area contributed by atoms with Crippen LogP contribution in [0.25, 0.3) is 10.9 Å². The summed E-state index contributed by atoms with van der Waals surface area (Å²) in [6, 6.07) is 12.5. The van der Waals surface area contributed by atoms with Gasteiger partial charge in [0.1, 0.15) is 17.7 Å². The molecule has 2 amide bonds. The van der Waals surface area contributed by atoms with Gasteiger partial charge in [0, 0.05) is 5.39 Å². The van der Waals surface area contributed by atoms with Crippen LogP contribution in [-0.2, 0) is 11.3 Å². The molecule has 3 rings (SSSR count). The predicted octanol–water partition coefficient (Wildman–Crippen LogP) is 2.42. The number of benzene rings is 2. The molecule has 0 aliphatic rings. The summed E-state index contributed by atoms with van der Waals surface area (Å²) in [6.07, 6.45) is 0. The first-order valence-electron chi connectivity index (χ1n) is 10.2. The van der Waals surface area contributed by atoms with E-state index in [0.29, 0.717) is 11.9 Å². The molecule has 0 saturated carbocycles. The summed E-state index contributed by atoms with van der Waals surface area (Å²) in [5, 5.41) is 17.8. The Hall–Kier alpha value is -3.75. The molecule has 9 heteroatoms. The molecule has 0 saturated heterocycles. The number of nitrogens with two attached hydrogens (primary N) is 1. The summed E-state index contributed by atoms with van der Waals surface area (Å²) < 4.78 is 14.9. The highest BCUT2D eigenvalue weighted by Gasteiger charge is 2.34. The summed E-state index contributed by atoms with van der Waals surface area (Å²) in [7, 11) is 0. The van der Waals surface area contributed by atoms with Crippen LogP contribution in [0.3, 0.4) is 0 Å². The largest absolute Gasteiger partial charge is 0.386 e. The molecule has 0 spiro atoms. The molecule has 0 radical (unpaired) electrons. The van der Waals surface area contributed by atoms with Crippen molar-refractivity contribution in [3.05, 3.63) is 65.6 Å².